The fraction of sp³-hybridized carbons (Fsp3) is 0.636. The minimum atomic E-state index is -1.08. The topological polar surface area (TPSA) is 123 Å². The van der Waals surface area contributed by atoms with Crippen LogP contribution in [0.2, 0.25) is 0 Å². The molecule has 0 bridgehead atoms. The van der Waals surface area contributed by atoms with E-state index in [9.17, 15) is 9.59 Å². The number of amides is 1. The number of aromatic nitrogens is 3. The molecule has 1 aromatic rings. The average Bonchev–Trinajstić information content (AvgIpc) is 2.73. The van der Waals surface area contributed by atoms with E-state index in [-0.39, 0.29) is 18.4 Å². The molecular formula is C11H19N5O3. The van der Waals surface area contributed by atoms with Crippen LogP contribution in [-0.4, -0.2) is 44.1 Å². The van der Waals surface area contributed by atoms with Gasteiger partial charge < -0.3 is 16.2 Å². The van der Waals surface area contributed by atoms with Gasteiger partial charge in [-0.25, -0.2) is 0 Å². The van der Waals surface area contributed by atoms with Gasteiger partial charge in [0.15, 0.2) is 0 Å². The summed E-state index contributed by atoms with van der Waals surface area (Å²) in [6.45, 7) is 4.17. The smallest absolute Gasteiger partial charge is 0.320 e. The first-order chi connectivity index (χ1) is 8.88. The van der Waals surface area contributed by atoms with Gasteiger partial charge in [-0.15, -0.1) is 5.10 Å². The van der Waals surface area contributed by atoms with Gasteiger partial charge in [0.05, 0.1) is 12.2 Å². The maximum absolute atomic E-state index is 11.4. The van der Waals surface area contributed by atoms with Gasteiger partial charge in [-0.05, 0) is 13.8 Å². The summed E-state index contributed by atoms with van der Waals surface area (Å²) in [5.74, 6) is -1.14. The lowest BCUT2D eigenvalue weighted by Crippen LogP contribution is -2.32. The van der Waals surface area contributed by atoms with Gasteiger partial charge >= 0.3 is 5.97 Å². The monoisotopic (exact) mass is 269 g/mol. The van der Waals surface area contributed by atoms with Crippen molar-refractivity contribution in [1.82, 2.24) is 20.3 Å². The predicted molar refractivity (Wildman–Crippen MR) is 67.2 cm³/mol. The fourth-order valence-electron chi connectivity index (χ4n) is 1.46. The lowest BCUT2D eigenvalue weighted by Gasteiger charge is -2.07. The van der Waals surface area contributed by atoms with E-state index < -0.39 is 12.0 Å². The molecule has 4 N–H and O–H groups in total. The molecule has 0 aromatic carbocycles. The highest BCUT2D eigenvalue weighted by Crippen LogP contribution is 1.99. The van der Waals surface area contributed by atoms with Crippen LogP contribution < -0.4 is 11.1 Å². The molecule has 0 saturated carbocycles. The summed E-state index contributed by atoms with van der Waals surface area (Å²) in [6.07, 6.45) is 2.02. The Labute approximate surface area is 111 Å². The molecule has 8 heteroatoms. The van der Waals surface area contributed by atoms with Crippen molar-refractivity contribution in [3.8, 4) is 0 Å². The molecule has 0 aliphatic carbocycles. The number of rotatable bonds is 7. The molecule has 8 nitrogen and oxygen atoms in total. The number of aliphatic carboxylic acids is 1. The molecule has 1 rings (SSSR count). The Morgan fingerprint density at radius 1 is 1.53 bits per heavy atom. The third kappa shape index (κ3) is 5.47. The van der Waals surface area contributed by atoms with E-state index >= 15 is 0 Å². The zero-order chi connectivity index (χ0) is 14.4. The number of aryl methyl sites for hydroxylation is 1. The van der Waals surface area contributed by atoms with E-state index in [1.54, 1.807) is 6.20 Å². The minimum Gasteiger partial charge on any atom is -0.480 e. The van der Waals surface area contributed by atoms with Crippen LogP contribution >= 0.6 is 0 Å². The number of carbonyl (C=O) groups excluding carboxylic acids is 1. The normalized spacial score (nSPS) is 12.4. The number of hydrogen-bond acceptors (Lipinski definition) is 5. The van der Waals surface area contributed by atoms with E-state index in [0.717, 1.165) is 0 Å². The zero-order valence-corrected chi connectivity index (χ0v) is 11.0. The van der Waals surface area contributed by atoms with Gasteiger partial charge in [0.25, 0.3) is 0 Å². The van der Waals surface area contributed by atoms with Crippen molar-refractivity contribution in [2.24, 2.45) is 5.73 Å². The van der Waals surface area contributed by atoms with Crippen LogP contribution in [-0.2, 0) is 22.6 Å². The van der Waals surface area contributed by atoms with Crippen LogP contribution in [0.1, 0.15) is 26.0 Å². The Bertz CT molecular complexity index is 443. The Kier molecular flexibility index (Phi) is 5.43. The largest absolute Gasteiger partial charge is 0.480 e. The molecule has 0 saturated heterocycles. The summed E-state index contributed by atoms with van der Waals surface area (Å²) < 4.78 is 1.50. The zero-order valence-electron chi connectivity index (χ0n) is 11.0. The van der Waals surface area contributed by atoms with Crippen molar-refractivity contribution in [2.75, 3.05) is 0 Å². The molecule has 0 aliphatic heterocycles. The Morgan fingerprint density at radius 2 is 2.21 bits per heavy atom. The average molecular weight is 269 g/mol. The second kappa shape index (κ2) is 6.83. The van der Waals surface area contributed by atoms with E-state index in [0.29, 0.717) is 18.7 Å². The highest BCUT2D eigenvalue weighted by atomic mass is 16.4. The third-order valence-corrected chi connectivity index (χ3v) is 2.35. The molecule has 1 aromatic heterocycles. The number of nitrogens with two attached hydrogens (primary N) is 1. The van der Waals surface area contributed by atoms with E-state index in [1.165, 1.54) is 4.68 Å². The quantitative estimate of drug-likeness (QED) is 0.592. The van der Waals surface area contributed by atoms with Gasteiger partial charge in [0.1, 0.15) is 6.04 Å². The van der Waals surface area contributed by atoms with Crippen LogP contribution in [0.4, 0.5) is 0 Å². The van der Waals surface area contributed by atoms with E-state index in [4.69, 9.17) is 10.8 Å². The highest BCUT2D eigenvalue weighted by Gasteiger charge is 2.14. The Hall–Kier alpha value is -1.96. The maximum Gasteiger partial charge on any atom is 0.320 e. The second-order valence-corrected chi connectivity index (χ2v) is 4.59. The van der Waals surface area contributed by atoms with Gasteiger partial charge in [-0.1, -0.05) is 5.21 Å². The van der Waals surface area contributed by atoms with Crippen molar-refractivity contribution < 1.29 is 14.7 Å². The van der Waals surface area contributed by atoms with Gasteiger partial charge in [0.2, 0.25) is 5.91 Å². The number of carbonyl (C=O) groups is 2. The summed E-state index contributed by atoms with van der Waals surface area (Å²) in [4.78, 5) is 22.0. The SMILES string of the molecule is CC(C)NC(=O)CCn1cc(CC(N)C(=O)O)nn1. The highest BCUT2D eigenvalue weighted by molar-refractivity contribution is 5.76. The van der Waals surface area contributed by atoms with Crippen LogP contribution in [0.15, 0.2) is 6.20 Å². The van der Waals surface area contributed by atoms with Crippen molar-refractivity contribution >= 4 is 11.9 Å². The predicted octanol–water partition coefficient (Wildman–Crippen LogP) is -0.853. The molecule has 0 fully saturated rings. The van der Waals surface area contributed by atoms with Gasteiger partial charge in [-0.2, -0.15) is 0 Å². The molecule has 0 radical (unpaired) electrons. The third-order valence-electron chi connectivity index (χ3n) is 2.35. The lowest BCUT2D eigenvalue weighted by atomic mass is 10.2. The Balaban J connectivity index is 2.42. The van der Waals surface area contributed by atoms with Crippen LogP contribution in [0.25, 0.3) is 0 Å². The van der Waals surface area contributed by atoms with Crippen LogP contribution in [0.3, 0.4) is 0 Å². The van der Waals surface area contributed by atoms with E-state index in [1.807, 2.05) is 13.8 Å². The molecule has 0 aliphatic rings. The maximum atomic E-state index is 11.4. The first-order valence-corrected chi connectivity index (χ1v) is 6.05. The van der Waals surface area contributed by atoms with Gasteiger partial charge in [-0.3, -0.25) is 14.3 Å². The standard InChI is InChI=1S/C11H19N5O3/c1-7(2)13-10(17)3-4-16-6-8(14-15-16)5-9(12)11(18)19/h6-7,9H,3-5,12H2,1-2H3,(H,13,17)(H,18,19). The molecule has 19 heavy (non-hydrogen) atoms. The summed E-state index contributed by atoms with van der Waals surface area (Å²) >= 11 is 0. The molecule has 1 atom stereocenters. The number of hydrogen-bond donors (Lipinski definition) is 3. The number of carboxylic acids is 1. The summed E-state index contributed by atoms with van der Waals surface area (Å²) in [7, 11) is 0. The summed E-state index contributed by atoms with van der Waals surface area (Å²) in [6, 6.07) is -0.887. The van der Waals surface area contributed by atoms with Crippen LogP contribution in [0.5, 0.6) is 0 Å². The number of nitrogens with one attached hydrogen (secondary N) is 1. The Morgan fingerprint density at radius 3 is 2.79 bits per heavy atom. The van der Waals surface area contributed by atoms with Crippen LogP contribution in [0, 0.1) is 0 Å². The molecule has 1 heterocycles. The second-order valence-electron chi connectivity index (χ2n) is 4.59. The summed E-state index contributed by atoms with van der Waals surface area (Å²) in [5, 5.41) is 19.1. The molecule has 1 unspecified atom stereocenters. The van der Waals surface area contributed by atoms with Crippen molar-refractivity contribution in [3.63, 3.8) is 0 Å². The summed E-state index contributed by atoms with van der Waals surface area (Å²) in [5.41, 5.74) is 5.89. The van der Waals surface area contributed by atoms with Crippen molar-refractivity contribution in [1.29, 1.82) is 0 Å². The lowest BCUT2D eigenvalue weighted by molar-refractivity contribution is -0.138. The molecule has 106 valence electrons. The fourth-order valence-corrected chi connectivity index (χ4v) is 1.46. The van der Waals surface area contributed by atoms with E-state index in [2.05, 4.69) is 15.6 Å². The van der Waals surface area contributed by atoms with Gasteiger partial charge in [0, 0.05) is 25.1 Å². The molecule has 0 spiro atoms. The van der Waals surface area contributed by atoms with Crippen molar-refractivity contribution in [3.05, 3.63) is 11.9 Å². The molecule has 1 amide bonds. The van der Waals surface area contributed by atoms with Crippen molar-refractivity contribution in [2.45, 2.75) is 45.3 Å². The first kappa shape index (κ1) is 15.1. The minimum absolute atomic E-state index is 0.0608. The number of carboxylic acid groups (broad SMARTS) is 1. The molecular weight excluding hydrogens is 250 g/mol. The first-order valence-electron chi connectivity index (χ1n) is 6.05. The number of nitrogens with zero attached hydrogens (tertiary/aromatic N) is 3.